The zero-order valence-electron chi connectivity index (χ0n) is 18.1. The van der Waals surface area contributed by atoms with E-state index in [0.29, 0.717) is 42.2 Å². The number of fused-ring (bicyclic) bond motifs is 1. The van der Waals surface area contributed by atoms with E-state index in [1.807, 2.05) is 19.1 Å². The molecule has 2 aliphatic heterocycles. The number of Topliss-reactive ketones (excluding diaryl/α,β-unsaturated/α-hetero) is 1. The molecule has 166 valence electrons. The van der Waals surface area contributed by atoms with Gasteiger partial charge in [0, 0.05) is 40.9 Å². The van der Waals surface area contributed by atoms with Crippen molar-refractivity contribution in [2.24, 2.45) is 16.3 Å². The van der Waals surface area contributed by atoms with Gasteiger partial charge in [0.25, 0.3) is 0 Å². The summed E-state index contributed by atoms with van der Waals surface area (Å²) >= 11 is 3.62. The molecule has 2 heterocycles. The molecule has 8 heteroatoms. The lowest BCUT2D eigenvalue weighted by atomic mass is 9.67. The molecule has 1 unspecified atom stereocenters. The highest BCUT2D eigenvalue weighted by atomic mass is 79.9. The fraction of sp³-hybridized carbons (Fsp3) is 0.522. The van der Waals surface area contributed by atoms with Crippen LogP contribution in [0.2, 0.25) is 0 Å². The normalized spacial score (nSPS) is 24.0. The molecule has 1 aromatic rings. The Hall–Kier alpha value is -2.19. The fourth-order valence-corrected chi connectivity index (χ4v) is 5.14. The predicted molar refractivity (Wildman–Crippen MR) is 117 cm³/mol. The van der Waals surface area contributed by atoms with Crippen molar-refractivity contribution in [2.45, 2.75) is 39.5 Å². The maximum atomic E-state index is 13.3. The minimum atomic E-state index is -0.711. The van der Waals surface area contributed by atoms with Crippen LogP contribution in [0.4, 0.5) is 0 Å². The van der Waals surface area contributed by atoms with Gasteiger partial charge in [-0.3, -0.25) is 14.6 Å². The van der Waals surface area contributed by atoms with Gasteiger partial charge < -0.3 is 18.9 Å². The van der Waals surface area contributed by atoms with Gasteiger partial charge in [0.2, 0.25) is 6.79 Å². The molecule has 0 aromatic heterocycles. The molecule has 31 heavy (non-hydrogen) atoms. The molecular formula is C23H26BrNO6. The summed E-state index contributed by atoms with van der Waals surface area (Å²) in [6.45, 7) is 6.54. The van der Waals surface area contributed by atoms with E-state index in [1.54, 1.807) is 7.11 Å². The molecule has 1 aliphatic carbocycles. The first-order chi connectivity index (χ1) is 14.7. The van der Waals surface area contributed by atoms with E-state index >= 15 is 0 Å². The lowest BCUT2D eigenvalue weighted by molar-refractivity contribution is -0.147. The molecule has 0 amide bonds. The first-order valence-electron chi connectivity index (χ1n) is 10.3. The van der Waals surface area contributed by atoms with Crippen LogP contribution >= 0.6 is 15.9 Å². The van der Waals surface area contributed by atoms with Crippen LogP contribution in [0.1, 0.15) is 45.1 Å². The zero-order chi connectivity index (χ0) is 22.3. The second-order valence-corrected chi connectivity index (χ2v) is 9.75. The van der Waals surface area contributed by atoms with Gasteiger partial charge in [0.15, 0.2) is 17.3 Å². The number of rotatable bonds is 5. The monoisotopic (exact) mass is 491 g/mol. The van der Waals surface area contributed by atoms with E-state index < -0.39 is 17.8 Å². The molecule has 0 radical (unpaired) electrons. The van der Waals surface area contributed by atoms with E-state index in [0.717, 1.165) is 15.7 Å². The van der Waals surface area contributed by atoms with Gasteiger partial charge in [-0.1, -0.05) is 29.8 Å². The third-order valence-corrected chi connectivity index (χ3v) is 6.60. The smallest absolute Gasteiger partial charge is 0.315 e. The third-order valence-electron chi connectivity index (χ3n) is 5.91. The quantitative estimate of drug-likeness (QED) is 0.453. The van der Waals surface area contributed by atoms with E-state index in [4.69, 9.17) is 23.9 Å². The molecule has 0 spiro atoms. The second-order valence-electron chi connectivity index (χ2n) is 8.90. The number of methoxy groups -OCH3 is 1. The first-order valence-corrected chi connectivity index (χ1v) is 11.1. The summed E-state index contributed by atoms with van der Waals surface area (Å²) in [5, 5.41) is 0. The number of ketones is 1. The summed E-state index contributed by atoms with van der Waals surface area (Å²) in [6, 6.07) is 3.67. The first kappa shape index (κ1) is 22.0. The number of esters is 1. The number of hydrogen-bond donors (Lipinski definition) is 0. The molecule has 3 aliphatic rings. The van der Waals surface area contributed by atoms with Gasteiger partial charge in [-0.15, -0.1) is 0 Å². The lowest BCUT2D eigenvalue weighted by Gasteiger charge is -2.39. The maximum absolute atomic E-state index is 13.3. The fourth-order valence-electron chi connectivity index (χ4n) is 4.57. The number of ether oxygens (including phenoxy) is 4. The van der Waals surface area contributed by atoms with Crippen molar-refractivity contribution >= 4 is 33.4 Å². The van der Waals surface area contributed by atoms with Crippen LogP contribution in [-0.2, 0) is 19.1 Å². The number of hydrogen-bond acceptors (Lipinski definition) is 7. The Kier molecular flexibility index (Phi) is 5.96. The average Bonchev–Trinajstić information content (AvgIpc) is 3.12. The van der Waals surface area contributed by atoms with Crippen LogP contribution in [0, 0.1) is 11.3 Å². The second kappa shape index (κ2) is 8.39. The minimum Gasteiger partial charge on any atom is -0.463 e. The van der Waals surface area contributed by atoms with Gasteiger partial charge in [0.1, 0.15) is 12.5 Å². The van der Waals surface area contributed by atoms with Crippen LogP contribution in [-0.4, -0.2) is 44.6 Å². The summed E-state index contributed by atoms with van der Waals surface area (Å²) < 4.78 is 22.3. The Bertz CT molecular complexity index is 996. The standard InChI is InChI=1S/C23H26BrNO6/c1-12-19(22(27)29-6-5-28-4)20(13-7-17-18(8-14(13)24)31-11-30-17)21-15(25-12)9-23(2,3)10-16(21)26/h7-8,19-20H,5-6,9-11H2,1-4H3/t19?,20-/m0/s1. The molecule has 0 saturated carbocycles. The Balaban J connectivity index is 1.83. The van der Waals surface area contributed by atoms with E-state index in [9.17, 15) is 9.59 Å². The van der Waals surface area contributed by atoms with Crippen molar-refractivity contribution in [3.8, 4) is 11.5 Å². The Morgan fingerprint density at radius 3 is 2.65 bits per heavy atom. The number of nitrogens with zero attached hydrogens (tertiary/aromatic N) is 1. The topological polar surface area (TPSA) is 83.4 Å². The van der Waals surface area contributed by atoms with Crippen molar-refractivity contribution in [1.29, 1.82) is 0 Å². The Labute approximate surface area is 189 Å². The molecule has 7 nitrogen and oxygen atoms in total. The SMILES string of the molecule is COCCOC(=O)C1C(C)=NC2=C(C(=O)CC(C)(C)C2)[C@H]1c1cc2c(cc1Br)OCO2. The number of aliphatic imine (C=N–C) groups is 1. The summed E-state index contributed by atoms with van der Waals surface area (Å²) in [5.41, 5.74) is 2.60. The van der Waals surface area contributed by atoms with Gasteiger partial charge in [0.05, 0.1) is 6.61 Å². The molecule has 0 fully saturated rings. The average molecular weight is 492 g/mol. The minimum absolute atomic E-state index is 0.0201. The van der Waals surface area contributed by atoms with Crippen LogP contribution < -0.4 is 9.47 Å². The van der Waals surface area contributed by atoms with Crippen molar-refractivity contribution in [3.05, 3.63) is 33.4 Å². The number of benzene rings is 1. The largest absolute Gasteiger partial charge is 0.463 e. The molecule has 0 bridgehead atoms. The predicted octanol–water partition coefficient (Wildman–Crippen LogP) is 4.18. The Morgan fingerprint density at radius 2 is 1.94 bits per heavy atom. The van der Waals surface area contributed by atoms with E-state index in [2.05, 4.69) is 29.8 Å². The van der Waals surface area contributed by atoms with Crippen molar-refractivity contribution in [2.75, 3.05) is 27.1 Å². The number of carbonyl (C=O) groups is 2. The van der Waals surface area contributed by atoms with Crippen molar-refractivity contribution in [1.82, 2.24) is 0 Å². The highest BCUT2D eigenvalue weighted by Crippen LogP contribution is 2.51. The van der Waals surface area contributed by atoms with Crippen molar-refractivity contribution < 1.29 is 28.5 Å². The van der Waals surface area contributed by atoms with Gasteiger partial charge in [-0.25, -0.2) is 0 Å². The van der Waals surface area contributed by atoms with Crippen LogP contribution in [0.25, 0.3) is 0 Å². The summed E-state index contributed by atoms with van der Waals surface area (Å²) in [5.74, 6) is -0.409. The molecular weight excluding hydrogens is 466 g/mol. The summed E-state index contributed by atoms with van der Waals surface area (Å²) in [6.07, 6.45) is 1.08. The molecule has 2 atom stereocenters. The van der Waals surface area contributed by atoms with E-state index in [1.165, 1.54) is 0 Å². The molecule has 1 aromatic carbocycles. The maximum Gasteiger partial charge on any atom is 0.315 e. The van der Waals surface area contributed by atoms with Gasteiger partial charge in [-0.2, -0.15) is 0 Å². The molecule has 4 rings (SSSR count). The van der Waals surface area contributed by atoms with E-state index in [-0.39, 0.29) is 24.6 Å². The molecule has 0 N–H and O–H groups in total. The number of halogens is 1. The lowest BCUT2D eigenvalue weighted by Crippen LogP contribution is -2.39. The Morgan fingerprint density at radius 1 is 1.23 bits per heavy atom. The van der Waals surface area contributed by atoms with Gasteiger partial charge in [-0.05, 0) is 36.5 Å². The zero-order valence-corrected chi connectivity index (χ0v) is 19.7. The van der Waals surface area contributed by atoms with Crippen LogP contribution in [0.3, 0.4) is 0 Å². The number of carbonyl (C=O) groups excluding carboxylic acids is 2. The highest BCUT2D eigenvalue weighted by Gasteiger charge is 2.47. The van der Waals surface area contributed by atoms with Gasteiger partial charge >= 0.3 is 5.97 Å². The third kappa shape index (κ3) is 4.15. The highest BCUT2D eigenvalue weighted by molar-refractivity contribution is 9.10. The summed E-state index contributed by atoms with van der Waals surface area (Å²) in [7, 11) is 1.55. The summed E-state index contributed by atoms with van der Waals surface area (Å²) in [4.78, 5) is 31.2. The van der Waals surface area contributed by atoms with Crippen LogP contribution in [0.5, 0.6) is 11.5 Å². The molecule has 0 saturated heterocycles. The number of allylic oxidation sites excluding steroid dienone is 2. The van der Waals surface area contributed by atoms with Crippen molar-refractivity contribution in [3.63, 3.8) is 0 Å². The van der Waals surface area contributed by atoms with Crippen LogP contribution in [0.15, 0.2) is 32.9 Å².